The molecule has 368 valence electrons. The summed E-state index contributed by atoms with van der Waals surface area (Å²) in [7, 11) is 0. The molecule has 0 fully saturated rings. The number of carboxylic acid groups (broad SMARTS) is 4. The SMILES string of the molecule is CCCCOOC(=O)c1ccc(C(=O)[O-])cc1.CCCCOOC(=O)c1ccc(C(=O)[O-])cc1.CCCCOOC(=O)c1ccc(C(=O)[O-])cc1.CCCCOOC(=O)c1ccc(C(=O)[O-])cc1.[Ti+4]. The molecule has 0 saturated carbocycles. The Balaban J connectivity index is 0.000000889. The van der Waals surface area contributed by atoms with Crippen LogP contribution in [0.2, 0.25) is 0 Å². The van der Waals surface area contributed by atoms with Crippen LogP contribution < -0.4 is 20.4 Å². The number of carbonyl (C=O) groups excluding carboxylic acids is 8. The zero-order valence-electron chi connectivity index (χ0n) is 38.4. The molecule has 0 heterocycles. The van der Waals surface area contributed by atoms with E-state index in [0.29, 0.717) is 26.4 Å². The molecule has 4 aromatic rings. The van der Waals surface area contributed by atoms with E-state index in [1.807, 2.05) is 27.7 Å². The van der Waals surface area contributed by atoms with Gasteiger partial charge in [-0.1, -0.05) is 102 Å². The number of benzene rings is 4. The van der Waals surface area contributed by atoms with Gasteiger partial charge in [0.05, 0.1) is 72.6 Å². The van der Waals surface area contributed by atoms with Crippen molar-refractivity contribution in [2.45, 2.75) is 79.1 Å². The van der Waals surface area contributed by atoms with Crippen molar-refractivity contribution in [3.63, 3.8) is 0 Å². The molecule has 0 aliphatic heterocycles. The molecule has 0 aliphatic carbocycles. The molecule has 4 aromatic carbocycles. The van der Waals surface area contributed by atoms with Crippen molar-refractivity contribution in [2.75, 3.05) is 26.4 Å². The molecule has 0 radical (unpaired) electrons. The second kappa shape index (κ2) is 37.2. The molecule has 0 N–H and O–H groups in total. The fourth-order valence-corrected chi connectivity index (χ4v) is 4.36. The average Bonchev–Trinajstić information content (AvgIpc) is 3.35. The minimum absolute atomic E-state index is 0. The summed E-state index contributed by atoms with van der Waals surface area (Å²) in [6.45, 7) is 9.35. The van der Waals surface area contributed by atoms with Gasteiger partial charge in [-0.15, -0.1) is 0 Å². The van der Waals surface area contributed by atoms with Crippen LogP contribution in [0.15, 0.2) is 97.1 Å². The number of rotatable bonds is 24. The van der Waals surface area contributed by atoms with Gasteiger partial charge in [-0.3, -0.25) is 19.6 Å². The van der Waals surface area contributed by atoms with Crippen molar-refractivity contribution in [3.8, 4) is 0 Å². The first-order chi connectivity index (χ1) is 32.6. The van der Waals surface area contributed by atoms with E-state index in [-0.39, 0.29) is 66.2 Å². The first-order valence-corrected chi connectivity index (χ1v) is 21.2. The number of carboxylic acids is 4. The Hall–Kier alpha value is -6.81. The predicted molar refractivity (Wildman–Crippen MR) is 228 cm³/mol. The number of aromatic carboxylic acids is 4. The van der Waals surface area contributed by atoms with E-state index in [4.69, 9.17) is 0 Å². The van der Waals surface area contributed by atoms with Crippen LogP contribution in [0.3, 0.4) is 0 Å². The Morgan fingerprint density at radius 3 is 0.580 bits per heavy atom. The van der Waals surface area contributed by atoms with Gasteiger partial charge in [-0.05, 0) is 96.5 Å². The Morgan fingerprint density at radius 1 is 0.304 bits per heavy atom. The van der Waals surface area contributed by atoms with Gasteiger partial charge >= 0.3 is 45.6 Å². The Kier molecular flexibility index (Phi) is 33.5. The van der Waals surface area contributed by atoms with Gasteiger partial charge in [0.15, 0.2) is 0 Å². The third-order valence-electron chi connectivity index (χ3n) is 8.29. The molecule has 0 atom stereocenters. The van der Waals surface area contributed by atoms with Crippen LogP contribution in [-0.4, -0.2) is 74.2 Å². The van der Waals surface area contributed by atoms with Crippen LogP contribution >= 0.6 is 0 Å². The zero-order chi connectivity index (χ0) is 50.7. The Labute approximate surface area is 412 Å². The fourth-order valence-electron chi connectivity index (χ4n) is 4.36. The molecule has 69 heavy (non-hydrogen) atoms. The van der Waals surface area contributed by atoms with Crippen LogP contribution in [-0.2, 0) is 60.8 Å². The molecule has 0 aliphatic rings. The van der Waals surface area contributed by atoms with Gasteiger partial charge < -0.3 is 39.6 Å². The molecule has 0 spiro atoms. The molecule has 0 bridgehead atoms. The summed E-state index contributed by atoms with van der Waals surface area (Å²) in [5.74, 6) is -7.74. The van der Waals surface area contributed by atoms with Gasteiger partial charge in [0.2, 0.25) is 0 Å². The van der Waals surface area contributed by atoms with E-state index >= 15 is 0 Å². The maximum absolute atomic E-state index is 11.4. The third-order valence-corrected chi connectivity index (χ3v) is 8.29. The molecule has 21 heteroatoms. The van der Waals surface area contributed by atoms with Crippen molar-refractivity contribution in [3.05, 3.63) is 142 Å². The Bertz CT molecular complexity index is 1850. The molecule has 0 amide bonds. The number of hydrogen-bond donors (Lipinski definition) is 0. The quantitative estimate of drug-likeness (QED) is 0.0418. The van der Waals surface area contributed by atoms with Gasteiger partial charge in [-0.2, -0.15) is 19.6 Å². The van der Waals surface area contributed by atoms with Gasteiger partial charge in [0.25, 0.3) is 0 Å². The van der Waals surface area contributed by atoms with Crippen LogP contribution in [0.4, 0.5) is 0 Å². The van der Waals surface area contributed by atoms with Crippen molar-refractivity contribution in [1.29, 1.82) is 0 Å². The van der Waals surface area contributed by atoms with Gasteiger partial charge in [0.1, 0.15) is 0 Å². The zero-order valence-corrected chi connectivity index (χ0v) is 39.9. The van der Waals surface area contributed by atoms with Crippen LogP contribution in [0.5, 0.6) is 0 Å². The molecular weight excluding hydrogens is 944 g/mol. The maximum Gasteiger partial charge on any atom is 4.00 e. The Morgan fingerprint density at radius 2 is 0.449 bits per heavy atom. The van der Waals surface area contributed by atoms with Crippen molar-refractivity contribution in [2.24, 2.45) is 0 Å². The summed E-state index contributed by atoms with van der Waals surface area (Å²) in [6, 6.07) is 21.0. The fraction of sp³-hybridized carbons (Fsp3) is 0.333. The van der Waals surface area contributed by atoms with E-state index in [2.05, 4.69) is 39.1 Å². The first-order valence-electron chi connectivity index (χ1n) is 21.2. The van der Waals surface area contributed by atoms with Gasteiger partial charge in [0, 0.05) is 0 Å². The van der Waals surface area contributed by atoms with E-state index in [9.17, 15) is 58.8 Å². The second-order valence-electron chi connectivity index (χ2n) is 13.6. The number of hydrogen-bond acceptors (Lipinski definition) is 20. The largest absolute Gasteiger partial charge is 4.00 e. The number of unbranched alkanes of at least 4 members (excludes halogenated alkanes) is 4. The minimum atomic E-state index is -1.29. The van der Waals surface area contributed by atoms with Crippen molar-refractivity contribution < 1.29 is 120 Å². The summed E-state index contributed by atoms with van der Waals surface area (Å²) in [5, 5.41) is 41.9. The topological polar surface area (TPSA) is 303 Å². The smallest absolute Gasteiger partial charge is 0.545 e. The molecule has 4 rings (SSSR count). The summed E-state index contributed by atoms with van der Waals surface area (Å²) in [6.07, 6.45) is 6.98. The molecule has 0 unspecified atom stereocenters. The molecule has 0 saturated heterocycles. The maximum atomic E-state index is 11.4. The molecular formula is C48H52O20Ti. The number of carbonyl (C=O) groups is 8. The molecule has 0 aromatic heterocycles. The minimum Gasteiger partial charge on any atom is -0.545 e. The molecule has 20 nitrogen and oxygen atoms in total. The average molecular weight is 997 g/mol. The second-order valence-corrected chi connectivity index (χ2v) is 13.6. The van der Waals surface area contributed by atoms with Crippen molar-refractivity contribution >= 4 is 47.8 Å². The van der Waals surface area contributed by atoms with Crippen LogP contribution in [0.1, 0.15) is 162 Å². The van der Waals surface area contributed by atoms with E-state index in [0.717, 1.165) is 51.4 Å². The van der Waals surface area contributed by atoms with E-state index in [1.165, 1.54) is 97.1 Å². The van der Waals surface area contributed by atoms with Crippen LogP contribution in [0, 0.1) is 0 Å². The summed E-state index contributed by atoms with van der Waals surface area (Å²) < 4.78 is 0. The van der Waals surface area contributed by atoms with Crippen LogP contribution in [0.25, 0.3) is 0 Å². The van der Waals surface area contributed by atoms with Crippen molar-refractivity contribution in [1.82, 2.24) is 0 Å². The standard InChI is InChI=1S/4C12H14O5.Ti/c4*1-2-3-8-16-17-12(15)10-6-4-9(5-7-10)11(13)14;/h4*4-7H,2-3,8H2,1H3,(H,13,14);/q;;;;+4/p-4. The third kappa shape index (κ3) is 27.0. The summed E-state index contributed by atoms with van der Waals surface area (Å²) in [4.78, 5) is 124. The normalized spacial score (nSPS) is 9.80. The van der Waals surface area contributed by atoms with E-state index in [1.54, 1.807) is 0 Å². The first kappa shape index (κ1) is 62.2. The predicted octanol–water partition coefficient (Wildman–Crippen LogP) is 3.75. The summed E-state index contributed by atoms with van der Waals surface area (Å²) in [5.41, 5.74) is 0.944. The monoisotopic (exact) mass is 996 g/mol. The van der Waals surface area contributed by atoms with Gasteiger partial charge in [-0.25, -0.2) is 19.2 Å². The summed E-state index contributed by atoms with van der Waals surface area (Å²) >= 11 is 0. The van der Waals surface area contributed by atoms with E-state index < -0.39 is 47.8 Å².